The van der Waals surface area contributed by atoms with E-state index in [9.17, 15) is 9.90 Å². The number of anilines is 1. The molecule has 1 fully saturated rings. The van der Waals surface area contributed by atoms with E-state index < -0.39 is 11.5 Å². The predicted molar refractivity (Wildman–Crippen MR) is 226 cm³/mol. The number of carboxylic acids is 1. The third-order valence-electron chi connectivity index (χ3n) is 13.3. The molecule has 8 rings (SSSR count). The number of fused-ring (bicyclic) bond motifs is 4. The molecular formula is C47H55Cl2N3O5. The second-order valence-electron chi connectivity index (χ2n) is 17.3. The van der Waals surface area contributed by atoms with Crippen LogP contribution in [0.4, 0.5) is 5.69 Å². The summed E-state index contributed by atoms with van der Waals surface area (Å²) in [5.74, 6) is 2.76. The number of hydrogen-bond donors (Lipinski definition) is 2. The summed E-state index contributed by atoms with van der Waals surface area (Å²) in [5.41, 5.74) is 5.52. The summed E-state index contributed by atoms with van der Waals surface area (Å²) < 4.78 is 19.9. The second kappa shape index (κ2) is 16.7. The molecule has 1 spiro atoms. The van der Waals surface area contributed by atoms with E-state index in [1.54, 1.807) is 6.07 Å². The molecular weight excluding hydrogens is 757 g/mol. The molecule has 1 aromatic heterocycles. The molecule has 57 heavy (non-hydrogen) atoms. The fourth-order valence-electron chi connectivity index (χ4n) is 10.3. The first-order valence-electron chi connectivity index (χ1n) is 20.8. The molecule has 4 atom stereocenters. The lowest BCUT2D eigenvalue weighted by molar-refractivity contribution is -0.144. The highest BCUT2D eigenvalue weighted by atomic mass is 35.5. The molecule has 4 aromatic rings. The van der Waals surface area contributed by atoms with Crippen LogP contribution in [0.15, 0.2) is 72.9 Å². The molecule has 1 saturated carbocycles. The Morgan fingerprint density at radius 1 is 1.05 bits per heavy atom. The molecule has 8 nitrogen and oxygen atoms in total. The summed E-state index contributed by atoms with van der Waals surface area (Å²) in [7, 11) is 2.10. The van der Waals surface area contributed by atoms with E-state index in [-0.39, 0.29) is 17.4 Å². The van der Waals surface area contributed by atoms with E-state index in [2.05, 4.69) is 49.3 Å². The maximum Gasteiger partial charge on any atom is 0.329 e. The number of benzene rings is 3. The van der Waals surface area contributed by atoms with Gasteiger partial charge in [-0.3, -0.25) is 9.88 Å². The van der Waals surface area contributed by atoms with Crippen molar-refractivity contribution < 1.29 is 24.1 Å². The molecule has 1 aliphatic heterocycles. The van der Waals surface area contributed by atoms with Gasteiger partial charge in [0.05, 0.1) is 13.2 Å². The number of aryl methyl sites for hydroxylation is 1. The SMILES string of the molecule is C[C@@H](COc1ccnc2c1[C@H](C)CCC2)CC1Cc2cc3c(cc2C12CCC(Nc1cccc(Cl)c1)(C(=O)O)CC2)OC(CN(C)Cc1ccccc1Cl)CCO3. The van der Waals surface area contributed by atoms with Gasteiger partial charge in [-0.25, -0.2) is 4.79 Å². The lowest BCUT2D eigenvalue weighted by Crippen LogP contribution is -2.53. The summed E-state index contributed by atoms with van der Waals surface area (Å²) in [6.07, 6.45) is 10.3. The highest BCUT2D eigenvalue weighted by Crippen LogP contribution is 2.58. The van der Waals surface area contributed by atoms with Crippen molar-refractivity contribution in [3.63, 3.8) is 0 Å². The van der Waals surface area contributed by atoms with Crippen LogP contribution >= 0.6 is 23.2 Å². The fraction of sp³-hybridized carbons (Fsp3) is 0.489. The first-order chi connectivity index (χ1) is 27.5. The summed E-state index contributed by atoms with van der Waals surface area (Å²) in [5, 5.41) is 15.5. The van der Waals surface area contributed by atoms with Crippen molar-refractivity contribution in [3.05, 3.63) is 111 Å². The van der Waals surface area contributed by atoms with Gasteiger partial charge in [0.1, 0.15) is 17.4 Å². The van der Waals surface area contributed by atoms with Gasteiger partial charge in [-0.05, 0) is 147 Å². The molecule has 0 radical (unpaired) electrons. The molecule has 2 N–H and O–H groups in total. The molecule has 10 heteroatoms. The van der Waals surface area contributed by atoms with E-state index in [1.165, 1.54) is 28.8 Å². The van der Waals surface area contributed by atoms with Gasteiger partial charge in [-0.1, -0.05) is 61.3 Å². The van der Waals surface area contributed by atoms with Crippen molar-refractivity contribution in [1.82, 2.24) is 9.88 Å². The third-order valence-corrected chi connectivity index (χ3v) is 13.9. The fourth-order valence-corrected chi connectivity index (χ4v) is 10.7. The van der Waals surface area contributed by atoms with Crippen LogP contribution in [0.25, 0.3) is 0 Å². The zero-order chi connectivity index (χ0) is 39.7. The monoisotopic (exact) mass is 811 g/mol. The molecule has 0 saturated heterocycles. The number of pyridine rings is 1. The number of aromatic nitrogens is 1. The van der Waals surface area contributed by atoms with E-state index >= 15 is 0 Å². The van der Waals surface area contributed by atoms with Crippen LogP contribution in [-0.4, -0.2) is 59.4 Å². The van der Waals surface area contributed by atoms with Crippen molar-refractivity contribution in [3.8, 4) is 17.2 Å². The smallest absolute Gasteiger partial charge is 0.329 e. The Morgan fingerprint density at radius 2 is 1.88 bits per heavy atom. The van der Waals surface area contributed by atoms with Crippen molar-refractivity contribution in [1.29, 1.82) is 0 Å². The van der Waals surface area contributed by atoms with Gasteiger partial charge in [0, 0.05) is 52.7 Å². The zero-order valence-corrected chi connectivity index (χ0v) is 34.9. The summed E-state index contributed by atoms with van der Waals surface area (Å²) in [6, 6.07) is 21.8. The van der Waals surface area contributed by atoms with E-state index in [0.717, 1.165) is 91.6 Å². The second-order valence-corrected chi connectivity index (χ2v) is 18.2. The standard InChI is InChI=1S/C47H55Cl2N3O5/c1-30(29-56-41-14-20-50-40-13-6-8-31(2)44(40)41)22-34-23-33-24-42-43(57-37(15-21-55-42)28-52(3)27-32-9-4-5-12-39(32)49)26-38(33)46(34)16-18-47(19-17-46,45(53)54)51-36-11-7-10-35(48)25-36/h4-5,7,9-12,14,20,24-26,30-31,34,37,51H,6,8,13,15-19,21-23,27-29H2,1-3H3,(H,53,54)/t30-,31-,34?,37?,46?,47?/m1/s1. The first kappa shape index (κ1) is 39.8. The molecule has 0 amide bonds. The number of halogens is 2. The Labute approximate surface area is 347 Å². The Morgan fingerprint density at radius 3 is 2.67 bits per heavy atom. The lowest BCUT2D eigenvalue weighted by atomic mass is 9.59. The Balaban J connectivity index is 1.05. The summed E-state index contributed by atoms with van der Waals surface area (Å²) >= 11 is 12.8. The molecule has 3 aromatic carbocycles. The van der Waals surface area contributed by atoms with Crippen LogP contribution in [0, 0.1) is 11.8 Å². The molecule has 2 heterocycles. The van der Waals surface area contributed by atoms with Gasteiger partial charge < -0.3 is 24.6 Å². The molecule has 302 valence electrons. The normalized spacial score (nSPS) is 25.7. The molecule has 3 aliphatic carbocycles. The molecule has 2 unspecified atom stereocenters. The van der Waals surface area contributed by atoms with Gasteiger partial charge in [-0.15, -0.1) is 0 Å². The Kier molecular flexibility index (Phi) is 11.7. The van der Waals surface area contributed by atoms with Gasteiger partial charge in [0.2, 0.25) is 0 Å². The average Bonchev–Trinajstić information content (AvgIpc) is 3.31. The number of nitrogens with one attached hydrogen (secondary N) is 1. The number of ether oxygens (including phenoxy) is 3. The average molecular weight is 813 g/mol. The molecule has 4 aliphatic rings. The maximum absolute atomic E-state index is 13.1. The Bertz CT molecular complexity index is 2080. The number of aliphatic carboxylic acids is 1. The number of likely N-dealkylation sites (N-methyl/N-ethyl adjacent to an activating group) is 1. The molecule has 0 bridgehead atoms. The van der Waals surface area contributed by atoms with Crippen molar-refractivity contribution >= 4 is 34.9 Å². The maximum atomic E-state index is 13.1. The highest BCUT2D eigenvalue weighted by Gasteiger charge is 2.54. The third kappa shape index (κ3) is 8.33. The topological polar surface area (TPSA) is 93.2 Å². The van der Waals surface area contributed by atoms with Crippen LogP contribution in [0.1, 0.15) is 99.1 Å². The van der Waals surface area contributed by atoms with E-state index in [0.29, 0.717) is 42.9 Å². The quantitative estimate of drug-likeness (QED) is 0.146. The van der Waals surface area contributed by atoms with Crippen molar-refractivity contribution in [2.75, 3.05) is 32.1 Å². The largest absolute Gasteiger partial charge is 0.493 e. The number of nitrogens with zero attached hydrogens (tertiary/aromatic N) is 2. The number of carboxylic acid groups (broad SMARTS) is 1. The van der Waals surface area contributed by atoms with Crippen molar-refractivity contribution in [2.24, 2.45) is 11.8 Å². The van der Waals surface area contributed by atoms with Gasteiger partial charge in [-0.2, -0.15) is 0 Å². The number of rotatable bonds is 12. The van der Waals surface area contributed by atoms with Crippen LogP contribution in [0.3, 0.4) is 0 Å². The number of carbonyl (C=O) groups is 1. The Hall–Kier alpha value is -3.98. The minimum atomic E-state index is -1.10. The van der Waals surface area contributed by atoms with Crippen molar-refractivity contribution in [2.45, 2.75) is 108 Å². The highest BCUT2D eigenvalue weighted by molar-refractivity contribution is 6.31. The van der Waals surface area contributed by atoms with Crippen LogP contribution in [0.5, 0.6) is 17.2 Å². The predicted octanol–water partition coefficient (Wildman–Crippen LogP) is 10.5. The minimum Gasteiger partial charge on any atom is -0.493 e. The van der Waals surface area contributed by atoms with E-state index in [1.807, 2.05) is 48.7 Å². The number of hydrogen-bond acceptors (Lipinski definition) is 7. The minimum absolute atomic E-state index is 0.0586. The van der Waals surface area contributed by atoms with Gasteiger partial charge >= 0.3 is 5.97 Å². The van der Waals surface area contributed by atoms with Crippen LogP contribution < -0.4 is 19.5 Å². The van der Waals surface area contributed by atoms with Crippen LogP contribution in [-0.2, 0) is 29.6 Å². The lowest BCUT2D eigenvalue weighted by Gasteiger charge is -2.47. The van der Waals surface area contributed by atoms with E-state index in [4.69, 9.17) is 42.4 Å². The first-order valence-corrected chi connectivity index (χ1v) is 21.5. The zero-order valence-electron chi connectivity index (χ0n) is 33.4. The summed E-state index contributed by atoms with van der Waals surface area (Å²) in [4.78, 5) is 20.1. The van der Waals surface area contributed by atoms with Gasteiger partial charge in [0.25, 0.3) is 0 Å². The summed E-state index contributed by atoms with van der Waals surface area (Å²) in [6.45, 7) is 7.23. The van der Waals surface area contributed by atoms with Crippen LogP contribution in [0.2, 0.25) is 10.0 Å². The van der Waals surface area contributed by atoms with Gasteiger partial charge in [0.15, 0.2) is 11.5 Å².